The van der Waals surface area contributed by atoms with Gasteiger partial charge < -0.3 is 15.0 Å². The molecule has 0 aliphatic carbocycles. The molecule has 1 N–H and O–H groups in total. The molecule has 0 aromatic heterocycles. The van der Waals surface area contributed by atoms with Crippen LogP contribution in [-0.4, -0.2) is 50.9 Å². The molecule has 3 aromatic rings. The van der Waals surface area contributed by atoms with Gasteiger partial charge in [-0.2, -0.15) is 0 Å². The molecule has 0 fully saturated rings. The van der Waals surface area contributed by atoms with Crippen LogP contribution in [-0.2, 0) is 26.2 Å². The Morgan fingerprint density at radius 2 is 1.63 bits per heavy atom. The molecule has 2 amide bonds. The number of rotatable bonds is 14. The molecule has 0 unspecified atom stereocenters. The highest BCUT2D eigenvalue weighted by Crippen LogP contribution is 2.33. The molecule has 8 nitrogen and oxygen atoms in total. The van der Waals surface area contributed by atoms with Gasteiger partial charge in [-0.3, -0.25) is 13.9 Å². The third-order valence-electron chi connectivity index (χ3n) is 6.38. The third-order valence-corrected chi connectivity index (χ3v) is 8.89. The number of amides is 2. The van der Waals surface area contributed by atoms with Crippen LogP contribution in [0.3, 0.4) is 0 Å². The summed E-state index contributed by atoms with van der Waals surface area (Å²) in [5.41, 5.74) is 0.842. The van der Waals surface area contributed by atoms with E-state index in [2.05, 4.69) is 5.32 Å². The Morgan fingerprint density at radius 3 is 2.29 bits per heavy atom. The van der Waals surface area contributed by atoms with Crippen molar-refractivity contribution in [1.29, 1.82) is 0 Å². The molecule has 0 heterocycles. The maximum atomic E-state index is 14.0. The minimum absolute atomic E-state index is 0.00438. The quantitative estimate of drug-likeness (QED) is 0.226. The number of anilines is 1. The topological polar surface area (TPSA) is 96.0 Å². The Labute approximate surface area is 252 Å². The Morgan fingerprint density at radius 1 is 0.951 bits per heavy atom. The van der Waals surface area contributed by atoms with E-state index < -0.39 is 28.5 Å². The molecule has 41 heavy (non-hydrogen) atoms. The predicted octanol–water partition coefficient (Wildman–Crippen LogP) is 5.92. The number of hydrogen-bond donors (Lipinski definition) is 1. The smallest absolute Gasteiger partial charge is 0.264 e. The maximum absolute atomic E-state index is 14.0. The summed E-state index contributed by atoms with van der Waals surface area (Å²) in [6.07, 6.45) is 1.68. The minimum Gasteiger partial charge on any atom is -0.492 e. The van der Waals surface area contributed by atoms with E-state index in [4.69, 9.17) is 27.9 Å². The zero-order chi connectivity index (χ0) is 30.0. The lowest BCUT2D eigenvalue weighted by Crippen LogP contribution is -2.51. The van der Waals surface area contributed by atoms with E-state index >= 15 is 0 Å². The second-order valence-electron chi connectivity index (χ2n) is 9.32. The van der Waals surface area contributed by atoms with Crippen molar-refractivity contribution in [3.63, 3.8) is 0 Å². The summed E-state index contributed by atoms with van der Waals surface area (Å²) < 4.78 is 34.7. The zero-order valence-electron chi connectivity index (χ0n) is 23.3. The van der Waals surface area contributed by atoms with Crippen LogP contribution in [0.5, 0.6) is 5.75 Å². The third kappa shape index (κ3) is 8.38. The molecule has 220 valence electrons. The van der Waals surface area contributed by atoms with Crippen molar-refractivity contribution in [3.8, 4) is 5.75 Å². The normalized spacial score (nSPS) is 11.9. The molecule has 0 aliphatic rings. The molecule has 3 aromatic carbocycles. The molecular formula is C30H35Cl2N3O5S. The van der Waals surface area contributed by atoms with Crippen LogP contribution in [0, 0.1) is 0 Å². The van der Waals surface area contributed by atoms with E-state index in [0.717, 1.165) is 17.1 Å². The lowest BCUT2D eigenvalue weighted by molar-refractivity contribution is -0.139. The van der Waals surface area contributed by atoms with Gasteiger partial charge >= 0.3 is 0 Å². The number of benzene rings is 3. The second-order valence-corrected chi connectivity index (χ2v) is 12.0. The number of hydrogen-bond acceptors (Lipinski definition) is 5. The van der Waals surface area contributed by atoms with E-state index in [-0.39, 0.29) is 23.0 Å². The number of sulfonamides is 1. The van der Waals surface area contributed by atoms with Gasteiger partial charge in [0, 0.05) is 13.1 Å². The van der Waals surface area contributed by atoms with Crippen molar-refractivity contribution < 1.29 is 22.7 Å². The van der Waals surface area contributed by atoms with Gasteiger partial charge in [-0.15, -0.1) is 0 Å². The van der Waals surface area contributed by atoms with Gasteiger partial charge in [-0.1, -0.05) is 72.9 Å². The average molecular weight is 621 g/mol. The Bertz CT molecular complexity index is 1440. The highest BCUT2D eigenvalue weighted by atomic mass is 35.5. The van der Waals surface area contributed by atoms with Crippen molar-refractivity contribution in [2.45, 2.75) is 51.1 Å². The number of ether oxygens (including phenoxy) is 1. The number of halogens is 2. The fourth-order valence-electron chi connectivity index (χ4n) is 4.13. The van der Waals surface area contributed by atoms with Gasteiger partial charge in [0.1, 0.15) is 18.3 Å². The number of nitrogens with one attached hydrogen (secondary N) is 1. The van der Waals surface area contributed by atoms with Crippen LogP contribution in [0.25, 0.3) is 0 Å². The van der Waals surface area contributed by atoms with E-state index in [1.807, 2.05) is 6.92 Å². The summed E-state index contributed by atoms with van der Waals surface area (Å²) in [5.74, 6) is -0.622. The lowest BCUT2D eigenvalue weighted by Gasteiger charge is -2.32. The van der Waals surface area contributed by atoms with Gasteiger partial charge in [-0.05, 0) is 62.2 Å². The van der Waals surface area contributed by atoms with Crippen LogP contribution >= 0.6 is 23.2 Å². The Kier molecular flexibility index (Phi) is 11.9. The first-order chi connectivity index (χ1) is 19.6. The van der Waals surface area contributed by atoms with Crippen molar-refractivity contribution in [1.82, 2.24) is 10.2 Å². The molecule has 0 spiro atoms. The van der Waals surface area contributed by atoms with Gasteiger partial charge in [0.15, 0.2) is 0 Å². The summed E-state index contributed by atoms with van der Waals surface area (Å²) in [4.78, 5) is 28.5. The summed E-state index contributed by atoms with van der Waals surface area (Å²) in [6.45, 7) is 5.60. The fraction of sp³-hybridized carbons (Fsp3) is 0.333. The average Bonchev–Trinajstić information content (AvgIpc) is 2.97. The van der Waals surface area contributed by atoms with E-state index in [9.17, 15) is 18.0 Å². The molecule has 1 atom stereocenters. The number of carbonyl (C=O) groups is 2. The highest BCUT2D eigenvalue weighted by molar-refractivity contribution is 7.92. The van der Waals surface area contributed by atoms with Gasteiger partial charge in [0.25, 0.3) is 10.0 Å². The Hall–Kier alpha value is -3.27. The van der Waals surface area contributed by atoms with E-state index in [0.29, 0.717) is 34.5 Å². The summed E-state index contributed by atoms with van der Waals surface area (Å²) in [5, 5.41) is 3.51. The van der Waals surface area contributed by atoms with E-state index in [1.54, 1.807) is 74.5 Å². The SMILES string of the molecule is CCCCNC(=O)[C@@H](C)N(Cc1ccc(Cl)c(Cl)c1)C(=O)CN(c1ccccc1OCC)S(=O)(=O)c1ccccc1. The highest BCUT2D eigenvalue weighted by Gasteiger charge is 2.33. The molecule has 0 radical (unpaired) electrons. The maximum Gasteiger partial charge on any atom is 0.264 e. The molecular weight excluding hydrogens is 585 g/mol. The summed E-state index contributed by atoms with van der Waals surface area (Å²) in [7, 11) is -4.21. The first kappa shape index (κ1) is 32.2. The first-order valence-electron chi connectivity index (χ1n) is 13.4. The fourth-order valence-corrected chi connectivity index (χ4v) is 5.89. The van der Waals surface area contributed by atoms with Crippen molar-refractivity contribution in [3.05, 3.63) is 88.4 Å². The number of para-hydroxylation sites is 2. The second kappa shape index (κ2) is 15.1. The summed E-state index contributed by atoms with van der Waals surface area (Å²) in [6, 6.07) is 18.5. The molecule has 0 aliphatic heterocycles. The molecule has 0 bridgehead atoms. The van der Waals surface area contributed by atoms with Crippen LogP contribution < -0.4 is 14.4 Å². The van der Waals surface area contributed by atoms with Crippen molar-refractivity contribution in [2.75, 3.05) is 24.0 Å². The molecule has 0 saturated carbocycles. The van der Waals surface area contributed by atoms with Crippen LogP contribution in [0.15, 0.2) is 77.7 Å². The predicted molar refractivity (Wildman–Crippen MR) is 163 cm³/mol. The van der Waals surface area contributed by atoms with Crippen molar-refractivity contribution >= 4 is 50.7 Å². The lowest BCUT2D eigenvalue weighted by atomic mass is 10.1. The zero-order valence-corrected chi connectivity index (χ0v) is 25.7. The molecule has 11 heteroatoms. The minimum atomic E-state index is -4.21. The van der Waals surface area contributed by atoms with Gasteiger partial charge in [0.2, 0.25) is 11.8 Å². The van der Waals surface area contributed by atoms with Crippen molar-refractivity contribution in [2.24, 2.45) is 0 Å². The van der Waals surface area contributed by atoms with Gasteiger partial charge in [-0.25, -0.2) is 8.42 Å². The number of carbonyl (C=O) groups excluding carboxylic acids is 2. The molecule has 3 rings (SSSR count). The largest absolute Gasteiger partial charge is 0.492 e. The van der Waals surface area contributed by atoms with Crippen LogP contribution in [0.2, 0.25) is 10.0 Å². The summed E-state index contributed by atoms with van der Waals surface area (Å²) >= 11 is 12.3. The van der Waals surface area contributed by atoms with Crippen LogP contribution in [0.1, 0.15) is 39.2 Å². The van der Waals surface area contributed by atoms with Gasteiger partial charge in [0.05, 0.1) is 27.2 Å². The molecule has 0 saturated heterocycles. The van der Waals surface area contributed by atoms with Crippen LogP contribution in [0.4, 0.5) is 5.69 Å². The monoisotopic (exact) mass is 619 g/mol. The Balaban J connectivity index is 2.05. The van der Waals surface area contributed by atoms with E-state index in [1.165, 1.54) is 17.0 Å². The number of nitrogens with zero attached hydrogens (tertiary/aromatic N) is 2. The first-order valence-corrected chi connectivity index (χ1v) is 15.6. The number of unbranched alkanes of at least 4 members (excludes halogenated alkanes) is 1. The standard InChI is InChI=1S/C30H35Cl2N3O5S/c1-4-6-18-33-30(37)22(3)34(20-23-16-17-25(31)26(32)19-23)29(36)21-35(27-14-10-11-15-28(27)40-5-2)41(38,39)24-12-8-7-9-13-24/h7-17,19,22H,4-6,18,20-21H2,1-3H3,(H,33,37)/t22-/m1/s1.